The quantitative estimate of drug-likeness (QED) is 0.814. The Morgan fingerprint density at radius 3 is 2.50 bits per heavy atom. The third kappa shape index (κ3) is 4.24. The summed E-state index contributed by atoms with van der Waals surface area (Å²) < 4.78 is 12.3. The van der Waals surface area contributed by atoms with Gasteiger partial charge >= 0.3 is 0 Å². The minimum Gasteiger partial charge on any atom is -0.312 e. The molecule has 22 heavy (non-hydrogen) atoms. The largest absolute Gasteiger partial charge is 0.312 e. The van der Waals surface area contributed by atoms with Gasteiger partial charge in [-0.1, -0.05) is 18.2 Å². The van der Waals surface area contributed by atoms with Crippen LogP contribution >= 0.6 is 11.3 Å². The lowest BCUT2D eigenvalue weighted by Gasteiger charge is -2.20. The van der Waals surface area contributed by atoms with Gasteiger partial charge in [-0.05, 0) is 32.9 Å². The van der Waals surface area contributed by atoms with Crippen LogP contribution in [0, 0.1) is 13.8 Å². The summed E-state index contributed by atoms with van der Waals surface area (Å²) in [6, 6.07) is 9.48. The molecule has 2 rings (SSSR count). The topological polar surface area (TPSA) is 50.3 Å². The fraction of sp³-hybridized carbons (Fsp3) is 0.375. The van der Waals surface area contributed by atoms with Crippen molar-refractivity contribution in [1.29, 1.82) is 0 Å². The van der Waals surface area contributed by atoms with E-state index in [2.05, 4.69) is 4.98 Å². The number of rotatable bonds is 6. The van der Waals surface area contributed by atoms with E-state index in [1.807, 2.05) is 51.1 Å². The second-order valence-electron chi connectivity index (χ2n) is 4.94. The van der Waals surface area contributed by atoms with Crippen molar-refractivity contribution < 1.29 is 9.00 Å². The molecule has 0 aliphatic carbocycles. The number of amides is 1. The molecule has 1 aromatic carbocycles. The Bertz CT molecular complexity index is 668. The average Bonchev–Trinajstić information content (AvgIpc) is 2.78. The second-order valence-corrected chi connectivity index (χ2v) is 7.69. The number of thiazole rings is 1. The van der Waals surface area contributed by atoms with Gasteiger partial charge in [0.1, 0.15) is 5.75 Å². The van der Waals surface area contributed by atoms with Gasteiger partial charge in [0.05, 0.1) is 16.5 Å². The Balaban J connectivity index is 2.01. The number of hydrogen-bond acceptors (Lipinski definition) is 4. The van der Waals surface area contributed by atoms with Gasteiger partial charge in [-0.25, -0.2) is 4.98 Å². The molecule has 6 heteroatoms. The van der Waals surface area contributed by atoms with E-state index in [9.17, 15) is 9.00 Å². The molecule has 1 unspecified atom stereocenters. The molecule has 2 aromatic rings. The molecular weight excluding hydrogens is 316 g/mol. The smallest absolute Gasteiger partial charge is 0.239 e. The summed E-state index contributed by atoms with van der Waals surface area (Å²) in [7, 11) is -1.21. The fourth-order valence-corrected chi connectivity index (χ4v) is 4.63. The third-order valence-corrected chi connectivity index (χ3v) is 5.70. The van der Waals surface area contributed by atoms with Crippen molar-refractivity contribution in [2.75, 3.05) is 17.2 Å². The molecule has 0 aliphatic heterocycles. The molecule has 0 aliphatic rings. The third-order valence-electron chi connectivity index (χ3n) is 3.26. The SMILES string of the molecule is CCN(C(=O)CS(=O)Cc1sc(C)nc1C)c1ccccc1. The van der Waals surface area contributed by atoms with Crippen LogP contribution in [0.3, 0.4) is 0 Å². The van der Waals surface area contributed by atoms with Crippen molar-refractivity contribution >= 4 is 33.7 Å². The highest BCUT2D eigenvalue weighted by atomic mass is 32.2. The van der Waals surface area contributed by atoms with E-state index in [0.717, 1.165) is 21.3 Å². The van der Waals surface area contributed by atoms with Crippen molar-refractivity contribution in [2.45, 2.75) is 26.5 Å². The van der Waals surface area contributed by atoms with Gasteiger partial charge in [0.2, 0.25) is 5.91 Å². The van der Waals surface area contributed by atoms with E-state index in [1.165, 1.54) is 0 Å². The molecule has 0 bridgehead atoms. The molecule has 0 fully saturated rings. The van der Waals surface area contributed by atoms with Crippen LogP contribution < -0.4 is 4.90 Å². The minimum atomic E-state index is -1.21. The van der Waals surface area contributed by atoms with E-state index in [-0.39, 0.29) is 11.7 Å². The predicted molar refractivity (Wildman–Crippen MR) is 92.8 cm³/mol. The van der Waals surface area contributed by atoms with Crippen LogP contribution in [-0.4, -0.2) is 27.4 Å². The Morgan fingerprint density at radius 2 is 1.95 bits per heavy atom. The lowest BCUT2D eigenvalue weighted by atomic mass is 10.3. The van der Waals surface area contributed by atoms with Gasteiger partial charge in [-0.2, -0.15) is 0 Å². The summed E-state index contributed by atoms with van der Waals surface area (Å²) in [6.45, 7) is 6.34. The molecule has 118 valence electrons. The number of aryl methyl sites for hydroxylation is 2. The Hall–Kier alpha value is -1.53. The van der Waals surface area contributed by atoms with Crippen LogP contribution in [0.2, 0.25) is 0 Å². The van der Waals surface area contributed by atoms with E-state index >= 15 is 0 Å². The molecule has 1 atom stereocenters. The minimum absolute atomic E-state index is 0.0408. The maximum absolute atomic E-state index is 12.4. The maximum atomic E-state index is 12.4. The van der Waals surface area contributed by atoms with Crippen molar-refractivity contribution in [1.82, 2.24) is 4.98 Å². The van der Waals surface area contributed by atoms with Crippen LogP contribution in [-0.2, 0) is 21.3 Å². The molecule has 1 heterocycles. The molecule has 0 N–H and O–H groups in total. The highest BCUT2D eigenvalue weighted by molar-refractivity contribution is 7.85. The maximum Gasteiger partial charge on any atom is 0.239 e. The summed E-state index contributed by atoms with van der Waals surface area (Å²) in [5, 5.41) is 0.968. The first-order chi connectivity index (χ1) is 10.5. The van der Waals surface area contributed by atoms with E-state index in [4.69, 9.17) is 0 Å². The van der Waals surface area contributed by atoms with Crippen molar-refractivity contribution in [3.05, 3.63) is 45.9 Å². The van der Waals surface area contributed by atoms with E-state index in [1.54, 1.807) is 16.2 Å². The molecule has 0 radical (unpaired) electrons. The van der Waals surface area contributed by atoms with Crippen LogP contribution in [0.4, 0.5) is 5.69 Å². The molecule has 0 saturated heterocycles. The van der Waals surface area contributed by atoms with Gasteiger partial charge < -0.3 is 4.90 Å². The van der Waals surface area contributed by atoms with Crippen molar-refractivity contribution in [3.63, 3.8) is 0 Å². The molecule has 1 aromatic heterocycles. The number of anilines is 1. The van der Waals surface area contributed by atoms with E-state index in [0.29, 0.717) is 12.3 Å². The summed E-state index contributed by atoms with van der Waals surface area (Å²) in [5.41, 5.74) is 1.76. The van der Waals surface area contributed by atoms with Crippen LogP contribution in [0.1, 0.15) is 22.5 Å². The zero-order chi connectivity index (χ0) is 16.1. The predicted octanol–water partition coefficient (Wildman–Crippen LogP) is 3.06. The van der Waals surface area contributed by atoms with Crippen molar-refractivity contribution in [2.24, 2.45) is 0 Å². The van der Waals surface area contributed by atoms with Gasteiger partial charge in [0.15, 0.2) is 0 Å². The van der Waals surface area contributed by atoms with Crippen LogP contribution in [0.15, 0.2) is 30.3 Å². The van der Waals surface area contributed by atoms with Gasteiger partial charge in [0, 0.05) is 27.9 Å². The Labute approximate surface area is 137 Å². The number of para-hydroxylation sites is 1. The first kappa shape index (κ1) is 16.8. The molecule has 0 saturated carbocycles. The van der Waals surface area contributed by atoms with Crippen molar-refractivity contribution in [3.8, 4) is 0 Å². The average molecular weight is 336 g/mol. The number of hydrogen-bond donors (Lipinski definition) is 0. The highest BCUT2D eigenvalue weighted by Gasteiger charge is 2.18. The second kappa shape index (κ2) is 7.65. The number of aromatic nitrogens is 1. The summed E-state index contributed by atoms with van der Waals surface area (Å²) in [5.74, 6) is 0.333. The lowest BCUT2D eigenvalue weighted by Crippen LogP contribution is -2.34. The molecule has 0 spiro atoms. The van der Waals surface area contributed by atoms with Gasteiger partial charge in [0.25, 0.3) is 0 Å². The standard InChI is InChI=1S/C16H20N2O2S2/c1-4-18(14-8-6-5-7-9-14)16(19)11-22(20)10-15-12(2)17-13(3)21-15/h5-9H,4,10-11H2,1-3H3. The first-order valence-electron chi connectivity index (χ1n) is 7.14. The number of carbonyl (C=O) groups excluding carboxylic acids is 1. The van der Waals surface area contributed by atoms with E-state index < -0.39 is 10.8 Å². The summed E-state index contributed by atoms with van der Waals surface area (Å²) in [4.78, 5) is 19.4. The molecular formula is C16H20N2O2S2. The van der Waals surface area contributed by atoms with Crippen LogP contribution in [0.25, 0.3) is 0 Å². The van der Waals surface area contributed by atoms with Crippen LogP contribution in [0.5, 0.6) is 0 Å². The number of benzene rings is 1. The lowest BCUT2D eigenvalue weighted by molar-refractivity contribution is -0.116. The highest BCUT2D eigenvalue weighted by Crippen LogP contribution is 2.19. The summed E-state index contributed by atoms with van der Waals surface area (Å²) in [6.07, 6.45) is 0. The number of carbonyl (C=O) groups is 1. The van der Waals surface area contributed by atoms with Gasteiger partial charge in [-0.15, -0.1) is 11.3 Å². The monoisotopic (exact) mass is 336 g/mol. The fourth-order valence-electron chi connectivity index (χ4n) is 2.23. The molecule has 4 nitrogen and oxygen atoms in total. The Morgan fingerprint density at radius 1 is 1.27 bits per heavy atom. The normalized spacial score (nSPS) is 12.1. The summed E-state index contributed by atoms with van der Waals surface area (Å²) >= 11 is 1.55. The molecule has 1 amide bonds. The van der Waals surface area contributed by atoms with Gasteiger partial charge in [-0.3, -0.25) is 9.00 Å². The first-order valence-corrected chi connectivity index (χ1v) is 9.45. The zero-order valence-electron chi connectivity index (χ0n) is 13.0. The number of nitrogens with zero attached hydrogens (tertiary/aromatic N) is 2. The Kier molecular flexibility index (Phi) is 5.85. The zero-order valence-corrected chi connectivity index (χ0v) is 14.7.